The monoisotopic (exact) mass is 332 g/mol. The third-order valence-corrected chi connectivity index (χ3v) is 4.83. The number of thiophene rings is 1. The van der Waals surface area contributed by atoms with Crippen molar-refractivity contribution in [2.75, 3.05) is 7.11 Å². The highest BCUT2D eigenvalue weighted by Gasteiger charge is 2.09. The molecule has 19 heavy (non-hydrogen) atoms. The molecule has 0 radical (unpaired) electrons. The van der Waals surface area contributed by atoms with E-state index in [4.69, 9.17) is 4.74 Å². The van der Waals surface area contributed by atoms with E-state index in [2.05, 4.69) is 58.4 Å². The lowest BCUT2D eigenvalue weighted by Gasteiger charge is -2.09. The number of hydrogen-bond acceptors (Lipinski definition) is 2. The molecule has 0 fully saturated rings. The first-order valence-electron chi connectivity index (χ1n) is 6.07. The van der Waals surface area contributed by atoms with Gasteiger partial charge in [-0.05, 0) is 39.5 Å². The molecule has 0 aliphatic carbocycles. The van der Waals surface area contributed by atoms with Crippen LogP contribution in [0.3, 0.4) is 0 Å². The summed E-state index contributed by atoms with van der Waals surface area (Å²) < 4.78 is 7.83. The van der Waals surface area contributed by atoms with E-state index < -0.39 is 0 Å². The molecule has 0 unspecified atom stereocenters. The van der Waals surface area contributed by atoms with Crippen molar-refractivity contribution in [1.82, 2.24) is 0 Å². The van der Waals surface area contributed by atoms with Crippen LogP contribution in [0.25, 0.3) is 10.1 Å². The number of halogens is 1. The summed E-state index contributed by atoms with van der Waals surface area (Å²) >= 11 is 5.38. The van der Waals surface area contributed by atoms with Crippen LogP contribution in [0.4, 0.5) is 0 Å². The number of rotatable bonds is 3. The van der Waals surface area contributed by atoms with Gasteiger partial charge in [0.25, 0.3) is 0 Å². The van der Waals surface area contributed by atoms with Gasteiger partial charge in [-0.1, -0.05) is 30.3 Å². The second-order valence-electron chi connectivity index (χ2n) is 4.36. The van der Waals surface area contributed by atoms with Gasteiger partial charge in [0.15, 0.2) is 0 Å². The molecule has 0 saturated carbocycles. The molecule has 0 aliphatic rings. The lowest BCUT2D eigenvalue weighted by atomic mass is 10.1. The molecule has 3 rings (SSSR count). The predicted molar refractivity (Wildman–Crippen MR) is 85.3 cm³/mol. The standard InChI is InChI=1S/C16H13BrOS/c1-18-16-12(6-4-7-14(16)17)10-13-9-11-5-2-3-8-15(11)19-13/h2-9H,10H2,1H3. The van der Waals surface area contributed by atoms with Crippen LogP contribution in [-0.2, 0) is 6.42 Å². The van der Waals surface area contributed by atoms with Gasteiger partial charge in [-0.2, -0.15) is 0 Å². The van der Waals surface area contributed by atoms with Gasteiger partial charge in [0.2, 0.25) is 0 Å². The van der Waals surface area contributed by atoms with Crippen molar-refractivity contribution < 1.29 is 4.74 Å². The second-order valence-corrected chi connectivity index (χ2v) is 6.38. The minimum Gasteiger partial charge on any atom is -0.495 e. The molecule has 0 aliphatic heterocycles. The fraction of sp³-hybridized carbons (Fsp3) is 0.125. The fourth-order valence-corrected chi connectivity index (χ4v) is 3.89. The van der Waals surface area contributed by atoms with Gasteiger partial charge < -0.3 is 4.74 Å². The molecular weight excluding hydrogens is 320 g/mol. The topological polar surface area (TPSA) is 9.23 Å². The lowest BCUT2D eigenvalue weighted by molar-refractivity contribution is 0.408. The molecule has 3 heteroatoms. The minimum atomic E-state index is 0.905. The highest BCUT2D eigenvalue weighted by Crippen LogP contribution is 2.33. The van der Waals surface area contributed by atoms with Crippen molar-refractivity contribution >= 4 is 37.4 Å². The van der Waals surface area contributed by atoms with E-state index in [1.807, 2.05) is 17.4 Å². The van der Waals surface area contributed by atoms with Crippen LogP contribution in [0.1, 0.15) is 10.4 Å². The maximum atomic E-state index is 5.48. The summed E-state index contributed by atoms with van der Waals surface area (Å²) in [5, 5.41) is 1.32. The van der Waals surface area contributed by atoms with Gasteiger partial charge in [0, 0.05) is 21.6 Å². The zero-order valence-electron chi connectivity index (χ0n) is 10.5. The molecule has 0 spiro atoms. The van der Waals surface area contributed by atoms with Gasteiger partial charge in [0.1, 0.15) is 5.75 Å². The predicted octanol–water partition coefficient (Wildman–Crippen LogP) is 5.26. The van der Waals surface area contributed by atoms with Crippen LogP contribution in [0.15, 0.2) is 53.0 Å². The summed E-state index contributed by atoms with van der Waals surface area (Å²) in [5.74, 6) is 0.931. The van der Waals surface area contributed by atoms with Gasteiger partial charge in [-0.25, -0.2) is 0 Å². The molecule has 0 amide bonds. The smallest absolute Gasteiger partial charge is 0.136 e. The maximum absolute atomic E-state index is 5.48. The van der Waals surface area contributed by atoms with E-state index in [0.717, 1.165) is 16.6 Å². The molecule has 1 nitrogen and oxygen atoms in total. The summed E-state index contributed by atoms with van der Waals surface area (Å²) in [6.07, 6.45) is 0.905. The van der Waals surface area contributed by atoms with E-state index in [1.165, 1.54) is 20.5 Å². The Labute approximate surface area is 125 Å². The number of hydrogen-bond donors (Lipinski definition) is 0. The first-order valence-corrected chi connectivity index (χ1v) is 7.67. The van der Waals surface area contributed by atoms with Crippen molar-refractivity contribution in [2.24, 2.45) is 0 Å². The Kier molecular flexibility index (Phi) is 3.58. The molecule has 0 atom stereocenters. The number of para-hydroxylation sites is 1. The van der Waals surface area contributed by atoms with Gasteiger partial charge >= 0.3 is 0 Å². The van der Waals surface area contributed by atoms with E-state index in [1.54, 1.807) is 7.11 Å². The Bertz CT molecular complexity index is 685. The van der Waals surface area contributed by atoms with Crippen LogP contribution in [0.5, 0.6) is 5.75 Å². The third-order valence-electron chi connectivity index (χ3n) is 3.09. The van der Waals surface area contributed by atoms with E-state index in [-0.39, 0.29) is 0 Å². The van der Waals surface area contributed by atoms with E-state index >= 15 is 0 Å². The Hall–Kier alpha value is -1.32. The number of fused-ring (bicyclic) bond motifs is 1. The highest BCUT2D eigenvalue weighted by atomic mass is 79.9. The summed E-state index contributed by atoms with van der Waals surface area (Å²) in [6.45, 7) is 0. The third kappa shape index (κ3) is 2.53. The summed E-state index contributed by atoms with van der Waals surface area (Å²) in [7, 11) is 1.72. The Morgan fingerprint density at radius 2 is 1.95 bits per heavy atom. The number of methoxy groups -OCH3 is 1. The normalized spacial score (nSPS) is 10.8. The van der Waals surface area contributed by atoms with Crippen LogP contribution in [0.2, 0.25) is 0 Å². The number of benzene rings is 2. The Balaban J connectivity index is 1.99. The average Bonchev–Trinajstić information content (AvgIpc) is 2.81. The first-order chi connectivity index (χ1) is 9.28. The van der Waals surface area contributed by atoms with Crippen molar-refractivity contribution in [1.29, 1.82) is 0 Å². The zero-order valence-corrected chi connectivity index (χ0v) is 12.9. The molecule has 0 N–H and O–H groups in total. The van der Waals surface area contributed by atoms with Crippen LogP contribution in [0, 0.1) is 0 Å². The highest BCUT2D eigenvalue weighted by molar-refractivity contribution is 9.10. The molecule has 2 aromatic carbocycles. The average molecular weight is 333 g/mol. The quantitative estimate of drug-likeness (QED) is 0.635. The Morgan fingerprint density at radius 3 is 2.74 bits per heavy atom. The van der Waals surface area contributed by atoms with Crippen molar-refractivity contribution in [2.45, 2.75) is 6.42 Å². The first kappa shape index (κ1) is 12.7. The zero-order chi connectivity index (χ0) is 13.2. The van der Waals surface area contributed by atoms with Crippen molar-refractivity contribution in [3.63, 3.8) is 0 Å². The molecular formula is C16H13BrOS. The van der Waals surface area contributed by atoms with Crippen LogP contribution in [-0.4, -0.2) is 7.11 Å². The maximum Gasteiger partial charge on any atom is 0.136 e. The second kappa shape index (κ2) is 5.35. The van der Waals surface area contributed by atoms with E-state index in [9.17, 15) is 0 Å². The summed E-state index contributed by atoms with van der Waals surface area (Å²) in [5.41, 5.74) is 1.21. The molecule has 0 saturated heterocycles. The van der Waals surface area contributed by atoms with Crippen molar-refractivity contribution in [3.8, 4) is 5.75 Å². The van der Waals surface area contributed by atoms with Gasteiger partial charge in [-0.3, -0.25) is 0 Å². The molecule has 96 valence electrons. The molecule has 1 aromatic heterocycles. The molecule has 1 heterocycles. The van der Waals surface area contributed by atoms with Gasteiger partial charge in [-0.15, -0.1) is 11.3 Å². The molecule has 3 aromatic rings. The SMILES string of the molecule is COc1c(Br)cccc1Cc1cc2ccccc2s1. The van der Waals surface area contributed by atoms with E-state index in [0.29, 0.717) is 0 Å². The minimum absolute atomic E-state index is 0.905. The van der Waals surface area contributed by atoms with Gasteiger partial charge in [0.05, 0.1) is 11.6 Å². The largest absolute Gasteiger partial charge is 0.495 e. The van der Waals surface area contributed by atoms with Crippen molar-refractivity contribution in [3.05, 3.63) is 63.4 Å². The number of ether oxygens (including phenoxy) is 1. The van der Waals surface area contributed by atoms with Crippen LogP contribution < -0.4 is 4.74 Å². The molecule has 0 bridgehead atoms. The fourth-order valence-electron chi connectivity index (χ4n) is 2.23. The van der Waals surface area contributed by atoms with Crippen LogP contribution >= 0.6 is 27.3 Å². The summed E-state index contributed by atoms with van der Waals surface area (Å²) in [4.78, 5) is 1.36. The summed E-state index contributed by atoms with van der Waals surface area (Å²) in [6, 6.07) is 16.9. The lowest BCUT2D eigenvalue weighted by Crippen LogP contribution is -1.93. The Morgan fingerprint density at radius 1 is 1.11 bits per heavy atom.